The molecule has 0 spiro atoms. The SMILES string of the molecule is CCn1cc(Cl)cc1C(=O)NC1C(N)C2CCOC21. The van der Waals surface area contributed by atoms with Gasteiger partial charge in [0.05, 0.1) is 17.2 Å². The molecule has 1 saturated carbocycles. The minimum atomic E-state index is -0.136. The molecule has 2 aliphatic rings. The van der Waals surface area contributed by atoms with Crippen LogP contribution in [0.15, 0.2) is 12.3 Å². The largest absolute Gasteiger partial charge is 0.376 e. The first-order chi connectivity index (χ1) is 9.11. The van der Waals surface area contributed by atoms with Crippen molar-refractivity contribution in [2.45, 2.75) is 38.1 Å². The fourth-order valence-corrected chi connectivity index (χ4v) is 3.30. The van der Waals surface area contributed by atoms with Gasteiger partial charge in [-0.1, -0.05) is 11.6 Å². The van der Waals surface area contributed by atoms with E-state index in [1.807, 2.05) is 11.5 Å². The summed E-state index contributed by atoms with van der Waals surface area (Å²) in [6.07, 6.45) is 2.83. The minimum Gasteiger partial charge on any atom is -0.376 e. The van der Waals surface area contributed by atoms with E-state index in [1.54, 1.807) is 12.3 Å². The molecule has 5 nitrogen and oxygen atoms in total. The molecule has 2 fully saturated rings. The summed E-state index contributed by atoms with van der Waals surface area (Å²) in [4.78, 5) is 12.3. The van der Waals surface area contributed by atoms with Crippen molar-refractivity contribution in [3.63, 3.8) is 0 Å². The van der Waals surface area contributed by atoms with Gasteiger partial charge < -0.3 is 20.4 Å². The third-order valence-corrected chi connectivity index (χ3v) is 4.39. The lowest BCUT2D eigenvalue weighted by molar-refractivity contribution is -0.0162. The molecule has 4 atom stereocenters. The van der Waals surface area contributed by atoms with Crippen LogP contribution in [0, 0.1) is 5.92 Å². The summed E-state index contributed by atoms with van der Waals surface area (Å²) in [5.74, 6) is 0.259. The number of hydrogen-bond donors (Lipinski definition) is 2. The summed E-state index contributed by atoms with van der Waals surface area (Å²) in [6, 6.07) is 1.59. The number of nitrogens with one attached hydrogen (secondary N) is 1. The molecular weight excluding hydrogens is 266 g/mol. The Morgan fingerprint density at radius 3 is 3.21 bits per heavy atom. The molecule has 1 amide bonds. The molecule has 1 saturated heterocycles. The number of fused-ring (bicyclic) bond motifs is 1. The van der Waals surface area contributed by atoms with E-state index in [2.05, 4.69) is 5.32 Å². The monoisotopic (exact) mass is 283 g/mol. The Morgan fingerprint density at radius 1 is 1.68 bits per heavy atom. The van der Waals surface area contributed by atoms with Crippen LogP contribution in [0.25, 0.3) is 0 Å². The maximum atomic E-state index is 12.3. The van der Waals surface area contributed by atoms with E-state index in [-0.39, 0.29) is 24.1 Å². The van der Waals surface area contributed by atoms with Gasteiger partial charge in [0, 0.05) is 31.3 Å². The molecule has 2 heterocycles. The van der Waals surface area contributed by atoms with Crippen molar-refractivity contribution in [1.82, 2.24) is 9.88 Å². The predicted molar refractivity (Wildman–Crippen MR) is 72.2 cm³/mol. The molecule has 19 heavy (non-hydrogen) atoms. The lowest BCUT2D eigenvalue weighted by Crippen LogP contribution is -2.69. The van der Waals surface area contributed by atoms with Crippen LogP contribution < -0.4 is 11.1 Å². The molecule has 3 rings (SSSR count). The minimum absolute atomic E-state index is 0.00281. The van der Waals surface area contributed by atoms with Crippen molar-refractivity contribution < 1.29 is 9.53 Å². The maximum Gasteiger partial charge on any atom is 0.268 e. The highest BCUT2D eigenvalue weighted by atomic mass is 35.5. The summed E-state index contributed by atoms with van der Waals surface area (Å²) in [6.45, 7) is 3.42. The fourth-order valence-electron chi connectivity index (χ4n) is 3.08. The summed E-state index contributed by atoms with van der Waals surface area (Å²) in [5.41, 5.74) is 6.65. The zero-order valence-corrected chi connectivity index (χ0v) is 11.6. The first kappa shape index (κ1) is 13.0. The van der Waals surface area contributed by atoms with Crippen LogP contribution in [0.4, 0.5) is 0 Å². The van der Waals surface area contributed by atoms with Crippen LogP contribution in [0.5, 0.6) is 0 Å². The number of amides is 1. The molecule has 1 aromatic heterocycles. The van der Waals surface area contributed by atoms with E-state index in [0.717, 1.165) is 13.0 Å². The summed E-state index contributed by atoms with van der Waals surface area (Å²) in [7, 11) is 0. The summed E-state index contributed by atoms with van der Waals surface area (Å²) in [5, 5.41) is 3.54. The molecule has 1 aliphatic carbocycles. The first-order valence-electron chi connectivity index (χ1n) is 6.65. The van der Waals surface area contributed by atoms with Gasteiger partial charge in [0.1, 0.15) is 5.69 Å². The van der Waals surface area contributed by atoms with Crippen LogP contribution >= 0.6 is 11.6 Å². The predicted octanol–water partition coefficient (Wildman–Crippen LogP) is 1.01. The molecule has 3 N–H and O–H groups in total. The first-order valence-corrected chi connectivity index (χ1v) is 7.03. The van der Waals surface area contributed by atoms with Crippen molar-refractivity contribution in [1.29, 1.82) is 0 Å². The number of halogens is 1. The Labute approximate surface area is 117 Å². The molecule has 1 aliphatic heterocycles. The zero-order valence-electron chi connectivity index (χ0n) is 10.8. The van der Waals surface area contributed by atoms with Crippen LogP contribution in [-0.4, -0.2) is 35.3 Å². The van der Waals surface area contributed by atoms with Gasteiger partial charge in [0.15, 0.2) is 0 Å². The third-order valence-electron chi connectivity index (χ3n) is 4.18. The second-order valence-corrected chi connectivity index (χ2v) is 5.63. The third kappa shape index (κ3) is 2.06. The average molecular weight is 284 g/mol. The van der Waals surface area contributed by atoms with Crippen molar-refractivity contribution in [2.75, 3.05) is 6.61 Å². The van der Waals surface area contributed by atoms with E-state index in [9.17, 15) is 4.79 Å². The van der Waals surface area contributed by atoms with E-state index in [1.165, 1.54) is 0 Å². The number of carbonyl (C=O) groups is 1. The number of aryl methyl sites for hydroxylation is 1. The van der Waals surface area contributed by atoms with Gasteiger partial charge in [-0.05, 0) is 19.4 Å². The zero-order chi connectivity index (χ0) is 13.6. The molecule has 6 heteroatoms. The highest BCUT2D eigenvalue weighted by Gasteiger charge is 2.52. The number of aromatic nitrogens is 1. The van der Waals surface area contributed by atoms with Crippen LogP contribution in [0.3, 0.4) is 0 Å². The highest BCUT2D eigenvalue weighted by molar-refractivity contribution is 6.31. The smallest absolute Gasteiger partial charge is 0.268 e. The second kappa shape index (κ2) is 4.81. The van der Waals surface area contributed by atoms with Gasteiger partial charge >= 0.3 is 0 Å². The van der Waals surface area contributed by atoms with Gasteiger partial charge in [-0.15, -0.1) is 0 Å². The van der Waals surface area contributed by atoms with E-state index < -0.39 is 0 Å². The average Bonchev–Trinajstić information content (AvgIpc) is 2.99. The standard InChI is InChI=1S/C13H18ClN3O2/c1-2-17-6-7(14)5-9(17)13(18)16-11-10(15)8-3-4-19-12(8)11/h5-6,8,10-12H,2-4,15H2,1H3,(H,16,18). The van der Waals surface area contributed by atoms with Gasteiger partial charge in [0.25, 0.3) is 5.91 Å². The number of ether oxygens (including phenoxy) is 1. The van der Waals surface area contributed by atoms with Crippen LogP contribution in [0.2, 0.25) is 5.02 Å². The Balaban J connectivity index is 1.71. The lowest BCUT2D eigenvalue weighted by atomic mass is 9.72. The molecule has 1 aromatic rings. The van der Waals surface area contributed by atoms with Gasteiger partial charge in [-0.2, -0.15) is 0 Å². The number of carbonyl (C=O) groups excluding carboxylic acids is 1. The summed E-state index contributed by atoms with van der Waals surface area (Å²) >= 11 is 5.94. The van der Waals surface area contributed by atoms with Crippen molar-refractivity contribution in [3.05, 3.63) is 23.0 Å². The molecule has 4 unspecified atom stereocenters. The number of hydrogen-bond acceptors (Lipinski definition) is 3. The topological polar surface area (TPSA) is 69.3 Å². The molecule has 0 bridgehead atoms. The summed E-state index contributed by atoms with van der Waals surface area (Å²) < 4.78 is 7.43. The number of nitrogens with two attached hydrogens (primary N) is 1. The second-order valence-electron chi connectivity index (χ2n) is 5.19. The number of rotatable bonds is 3. The number of nitrogens with zero attached hydrogens (tertiary/aromatic N) is 1. The lowest BCUT2D eigenvalue weighted by Gasteiger charge is -2.45. The quantitative estimate of drug-likeness (QED) is 0.870. The molecule has 0 aromatic carbocycles. The van der Waals surface area contributed by atoms with Crippen LogP contribution in [-0.2, 0) is 11.3 Å². The Bertz CT molecular complexity index is 502. The molecule has 104 valence electrons. The van der Waals surface area contributed by atoms with E-state index in [0.29, 0.717) is 23.2 Å². The van der Waals surface area contributed by atoms with Gasteiger partial charge in [-0.3, -0.25) is 4.79 Å². The Hall–Kier alpha value is -1.04. The normalized spacial score (nSPS) is 32.8. The highest BCUT2D eigenvalue weighted by Crippen LogP contribution is 2.37. The Morgan fingerprint density at radius 2 is 2.47 bits per heavy atom. The van der Waals surface area contributed by atoms with Gasteiger partial charge in [0.2, 0.25) is 0 Å². The maximum absolute atomic E-state index is 12.3. The molecule has 0 radical (unpaired) electrons. The van der Waals surface area contributed by atoms with E-state index in [4.69, 9.17) is 22.1 Å². The molecular formula is C13H18ClN3O2. The fraction of sp³-hybridized carbons (Fsp3) is 0.615. The van der Waals surface area contributed by atoms with Crippen molar-refractivity contribution in [2.24, 2.45) is 11.7 Å². The van der Waals surface area contributed by atoms with E-state index >= 15 is 0 Å². The van der Waals surface area contributed by atoms with Crippen molar-refractivity contribution in [3.8, 4) is 0 Å². The van der Waals surface area contributed by atoms with Crippen molar-refractivity contribution >= 4 is 17.5 Å². The van der Waals surface area contributed by atoms with Gasteiger partial charge in [-0.25, -0.2) is 0 Å². The van der Waals surface area contributed by atoms with Crippen LogP contribution in [0.1, 0.15) is 23.8 Å². The Kier molecular flexibility index (Phi) is 3.28.